The van der Waals surface area contributed by atoms with Crippen LogP contribution in [0.2, 0.25) is 0 Å². The van der Waals surface area contributed by atoms with Crippen LogP contribution in [0.25, 0.3) is 10.2 Å². The normalized spacial score (nSPS) is 21.9. The maximum Gasteiger partial charge on any atom is 0.393 e. The third-order valence-electron chi connectivity index (χ3n) is 6.62. The van der Waals surface area contributed by atoms with E-state index in [1.54, 1.807) is 6.07 Å². The summed E-state index contributed by atoms with van der Waals surface area (Å²) in [5, 5.41) is 0.722. The summed E-state index contributed by atoms with van der Waals surface area (Å²) in [6.45, 7) is 4.68. The quantitative estimate of drug-likeness (QED) is 0.493. The summed E-state index contributed by atoms with van der Waals surface area (Å²) in [5.74, 6) is 0.538. The lowest BCUT2D eigenvalue weighted by Crippen LogP contribution is -2.32. The van der Waals surface area contributed by atoms with Gasteiger partial charge in [-0.15, -0.1) is 11.3 Å². The largest absolute Gasteiger partial charge is 0.393 e. The third kappa shape index (κ3) is 4.59. The number of aromatic nitrogens is 2. The van der Waals surface area contributed by atoms with E-state index in [9.17, 15) is 17.6 Å². The van der Waals surface area contributed by atoms with Gasteiger partial charge in [-0.25, -0.2) is 14.4 Å². The molecule has 1 atom stereocenters. The van der Waals surface area contributed by atoms with Crippen molar-refractivity contribution in [1.29, 1.82) is 0 Å². The van der Waals surface area contributed by atoms with E-state index in [1.807, 2.05) is 12.1 Å². The molecule has 1 spiro atoms. The van der Waals surface area contributed by atoms with E-state index in [4.69, 9.17) is 0 Å². The van der Waals surface area contributed by atoms with Crippen LogP contribution < -0.4 is 4.90 Å². The number of nitrogens with zero attached hydrogens (tertiary/aromatic N) is 4. The number of anilines is 1. The van der Waals surface area contributed by atoms with Gasteiger partial charge in [0.25, 0.3) is 0 Å². The second kappa shape index (κ2) is 8.26. The van der Waals surface area contributed by atoms with Crippen molar-refractivity contribution in [1.82, 2.24) is 14.9 Å². The number of thiophene rings is 1. The molecule has 0 unspecified atom stereocenters. The van der Waals surface area contributed by atoms with E-state index in [-0.39, 0.29) is 16.1 Å². The molecule has 4 heterocycles. The van der Waals surface area contributed by atoms with Crippen molar-refractivity contribution in [2.45, 2.75) is 31.9 Å². The van der Waals surface area contributed by atoms with Crippen LogP contribution in [0, 0.1) is 11.2 Å². The fraction of sp³-hybridized carbons (Fsp3) is 0.478. The van der Waals surface area contributed by atoms with Gasteiger partial charge in [-0.05, 0) is 49.6 Å². The van der Waals surface area contributed by atoms with Crippen LogP contribution in [0.4, 0.5) is 23.4 Å². The summed E-state index contributed by atoms with van der Waals surface area (Å²) in [7, 11) is 0. The molecule has 0 aliphatic carbocycles. The minimum atomic E-state index is -4.23. The molecule has 2 aliphatic rings. The van der Waals surface area contributed by atoms with Crippen LogP contribution in [0.3, 0.4) is 0 Å². The number of hydrogen-bond donors (Lipinski definition) is 0. The van der Waals surface area contributed by atoms with Crippen molar-refractivity contribution >= 4 is 27.4 Å². The second-order valence-corrected chi connectivity index (χ2v) is 10.1. The Bertz CT molecular complexity index is 1100. The molecule has 1 aromatic carbocycles. The Balaban J connectivity index is 1.25. The predicted molar refractivity (Wildman–Crippen MR) is 118 cm³/mol. The lowest BCUT2D eigenvalue weighted by Gasteiger charge is -2.25. The maximum atomic E-state index is 13.1. The standard InChI is InChI=1S/C23H24F4N4S/c24-17-3-1-16(2-4-17)5-8-30-9-6-22(13-30)7-10-31(14-22)20-19-11-18(12-23(25,26)27)32-21(19)29-15-28-20/h1-4,11,15H,5-10,12-14H2/t22-/m1/s1. The number of benzene rings is 1. The molecule has 5 rings (SSSR count). The highest BCUT2D eigenvalue weighted by Crippen LogP contribution is 2.43. The van der Waals surface area contributed by atoms with Gasteiger partial charge >= 0.3 is 6.18 Å². The Morgan fingerprint density at radius 3 is 2.59 bits per heavy atom. The minimum absolute atomic E-state index is 0.185. The first-order chi connectivity index (χ1) is 15.3. The monoisotopic (exact) mass is 464 g/mol. The number of fused-ring (bicyclic) bond motifs is 1. The zero-order valence-electron chi connectivity index (χ0n) is 17.5. The SMILES string of the molecule is Fc1ccc(CCN2CC[C@@]3(CCN(c4ncnc5sc(CC(F)(F)F)cc45)C3)C2)cc1. The number of halogens is 4. The fourth-order valence-electron chi connectivity index (χ4n) is 5.04. The highest BCUT2D eigenvalue weighted by atomic mass is 32.1. The smallest absolute Gasteiger partial charge is 0.355 e. The second-order valence-electron chi connectivity index (χ2n) is 8.99. The molecular weight excluding hydrogens is 440 g/mol. The van der Waals surface area contributed by atoms with Crippen LogP contribution in [0.5, 0.6) is 0 Å². The molecule has 3 aromatic rings. The summed E-state index contributed by atoms with van der Waals surface area (Å²) < 4.78 is 51.6. The molecule has 9 heteroatoms. The van der Waals surface area contributed by atoms with Crippen LogP contribution in [0.1, 0.15) is 23.3 Å². The van der Waals surface area contributed by atoms with E-state index in [1.165, 1.54) is 18.5 Å². The molecule has 0 bridgehead atoms. The Labute approximate surface area is 187 Å². The van der Waals surface area contributed by atoms with Gasteiger partial charge < -0.3 is 9.80 Å². The van der Waals surface area contributed by atoms with Crippen molar-refractivity contribution in [2.75, 3.05) is 37.6 Å². The molecule has 0 saturated carbocycles. The molecule has 2 saturated heterocycles. The van der Waals surface area contributed by atoms with Gasteiger partial charge in [-0.1, -0.05) is 12.1 Å². The minimum Gasteiger partial charge on any atom is -0.355 e. The van der Waals surface area contributed by atoms with E-state index < -0.39 is 12.6 Å². The van der Waals surface area contributed by atoms with Crippen molar-refractivity contribution < 1.29 is 17.6 Å². The van der Waals surface area contributed by atoms with E-state index in [0.717, 1.165) is 80.1 Å². The van der Waals surface area contributed by atoms with Crippen LogP contribution in [-0.4, -0.2) is 53.8 Å². The Hall–Kier alpha value is -2.26. The van der Waals surface area contributed by atoms with E-state index >= 15 is 0 Å². The lowest BCUT2D eigenvalue weighted by atomic mass is 9.86. The summed E-state index contributed by atoms with van der Waals surface area (Å²) in [6.07, 6.45) is -0.660. The van der Waals surface area contributed by atoms with Gasteiger partial charge in [0.15, 0.2) is 0 Å². The number of alkyl halides is 3. The predicted octanol–water partition coefficient (Wildman–Crippen LogP) is 5.08. The van der Waals surface area contributed by atoms with Crippen molar-refractivity contribution in [3.63, 3.8) is 0 Å². The van der Waals surface area contributed by atoms with Gasteiger partial charge in [-0.3, -0.25) is 0 Å². The molecule has 0 N–H and O–H groups in total. The highest BCUT2D eigenvalue weighted by molar-refractivity contribution is 7.18. The summed E-state index contributed by atoms with van der Waals surface area (Å²) in [5.41, 5.74) is 1.32. The Kier molecular flexibility index (Phi) is 5.57. The highest BCUT2D eigenvalue weighted by Gasteiger charge is 2.44. The van der Waals surface area contributed by atoms with Crippen molar-refractivity contribution in [3.8, 4) is 0 Å². The van der Waals surface area contributed by atoms with Gasteiger partial charge in [0, 0.05) is 36.5 Å². The zero-order chi connectivity index (χ0) is 22.3. The van der Waals surface area contributed by atoms with Gasteiger partial charge in [0.05, 0.1) is 11.8 Å². The topological polar surface area (TPSA) is 32.3 Å². The van der Waals surface area contributed by atoms with Gasteiger partial charge in [-0.2, -0.15) is 13.2 Å². The van der Waals surface area contributed by atoms with Gasteiger partial charge in [0.2, 0.25) is 0 Å². The number of hydrogen-bond acceptors (Lipinski definition) is 5. The Morgan fingerprint density at radius 1 is 1.03 bits per heavy atom. The first-order valence-electron chi connectivity index (χ1n) is 10.8. The molecule has 0 radical (unpaired) electrons. The maximum absolute atomic E-state index is 13.1. The average Bonchev–Trinajstić information content (AvgIpc) is 3.45. The van der Waals surface area contributed by atoms with Crippen molar-refractivity contribution in [2.24, 2.45) is 5.41 Å². The van der Waals surface area contributed by atoms with Crippen LogP contribution in [0.15, 0.2) is 36.7 Å². The van der Waals surface area contributed by atoms with Crippen molar-refractivity contribution in [3.05, 3.63) is 52.9 Å². The Morgan fingerprint density at radius 2 is 1.81 bits per heavy atom. The molecule has 2 aromatic heterocycles. The number of rotatable bonds is 5. The molecule has 0 amide bonds. The summed E-state index contributed by atoms with van der Waals surface area (Å²) >= 11 is 1.10. The molecular formula is C23H24F4N4S. The van der Waals surface area contributed by atoms with E-state index in [2.05, 4.69) is 19.8 Å². The first-order valence-corrected chi connectivity index (χ1v) is 11.6. The third-order valence-corrected chi connectivity index (χ3v) is 7.66. The lowest BCUT2D eigenvalue weighted by molar-refractivity contribution is -0.126. The zero-order valence-corrected chi connectivity index (χ0v) is 18.4. The molecule has 170 valence electrons. The molecule has 2 aliphatic heterocycles. The fourth-order valence-corrected chi connectivity index (χ4v) is 6.06. The molecule has 32 heavy (non-hydrogen) atoms. The van der Waals surface area contributed by atoms with Crippen LogP contribution >= 0.6 is 11.3 Å². The summed E-state index contributed by atoms with van der Waals surface area (Å²) in [6, 6.07) is 8.29. The average molecular weight is 465 g/mol. The van der Waals surface area contributed by atoms with Crippen LogP contribution in [-0.2, 0) is 12.8 Å². The molecule has 4 nitrogen and oxygen atoms in total. The van der Waals surface area contributed by atoms with Gasteiger partial charge in [0.1, 0.15) is 22.8 Å². The number of likely N-dealkylation sites (tertiary alicyclic amines) is 1. The first kappa shape index (κ1) is 21.6. The van der Waals surface area contributed by atoms with E-state index in [0.29, 0.717) is 4.83 Å². The summed E-state index contributed by atoms with van der Waals surface area (Å²) in [4.78, 5) is 14.2. The molecule has 2 fully saturated rings.